The van der Waals surface area contributed by atoms with E-state index < -0.39 is 0 Å². The van der Waals surface area contributed by atoms with Crippen molar-refractivity contribution in [3.8, 4) is 0 Å². The molecule has 0 radical (unpaired) electrons. The molecule has 44 heavy (non-hydrogen) atoms. The zero-order valence-electron chi connectivity index (χ0n) is 27.1. The van der Waals surface area contributed by atoms with E-state index in [1.54, 1.807) is 0 Å². The van der Waals surface area contributed by atoms with Crippen molar-refractivity contribution in [3.05, 3.63) is 119 Å². The van der Waals surface area contributed by atoms with Crippen LogP contribution >= 0.6 is 0 Å². The molecule has 5 aromatic carbocycles. The van der Waals surface area contributed by atoms with E-state index in [4.69, 9.17) is 0 Å². The molecule has 0 saturated carbocycles. The molecule has 5 rings (SSSR count). The van der Waals surface area contributed by atoms with Crippen molar-refractivity contribution >= 4 is 57.2 Å². The van der Waals surface area contributed by atoms with Crippen LogP contribution in [0.3, 0.4) is 0 Å². The molecule has 226 valence electrons. The van der Waals surface area contributed by atoms with Gasteiger partial charge in [0.15, 0.2) is 0 Å². The first-order valence-electron chi connectivity index (χ1n) is 16.7. The molecule has 2 heteroatoms. The summed E-state index contributed by atoms with van der Waals surface area (Å²) in [6.07, 6.45) is 13.8. The minimum atomic E-state index is 1.10. The fourth-order valence-corrected chi connectivity index (χ4v) is 6.33. The maximum atomic E-state index is 2.49. The largest absolute Gasteiger partial charge is 0.372 e. The van der Waals surface area contributed by atoms with Crippen LogP contribution in [0.25, 0.3) is 45.8 Å². The number of hydrogen-bond donors (Lipinski definition) is 0. The van der Waals surface area contributed by atoms with Crippen molar-refractivity contribution in [2.45, 2.75) is 53.4 Å². The molecule has 0 atom stereocenters. The highest BCUT2D eigenvalue weighted by atomic mass is 15.1. The van der Waals surface area contributed by atoms with Gasteiger partial charge in [0.25, 0.3) is 0 Å². The molecule has 0 saturated heterocycles. The smallest absolute Gasteiger partial charge is 0.0366 e. The van der Waals surface area contributed by atoms with E-state index in [0.29, 0.717) is 0 Å². The second kappa shape index (κ2) is 15.4. The van der Waals surface area contributed by atoms with Crippen LogP contribution in [0.1, 0.15) is 75.6 Å². The van der Waals surface area contributed by atoms with E-state index in [-0.39, 0.29) is 0 Å². The van der Waals surface area contributed by atoms with Gasteiger partial charge >= 0.3 is 0 Å². The van der Waals surface area contributed by atoms with Crippen LogP contribution in [0.4, 0.5) is 11.4 Å². The van der Waals surface area contributed by atoms with Crippen LogP contribution in [0.2, 0.25) is 0 Å². The molecular formula is C42H48N2. The topological polar surface area (TPSA) is 6.48 Å². The first-order valence-corrected chi connectivity index (χ1v) is 16.7. The summed E-state index contributed by atoms with van der Waals surface area (Å²) >= 11 is 0. The van der Waals surface area contributed by atoms with Crippen molar-refractivity contribution in [3.63, 3.8) is 0 Å². The zero-order valence-corrected chi connectivity index (χ0v) is 27.1. The number of fused-ring (bicyclic) bond motifs is 2. The summed E-state index contributed by atoms with van der Waals surface area (Å²) in [7, 11) is 0. The predicted molar refractivity (Wildman–Crippen MR) is 198 cm³/mol. The lowest BCUT2D eigenvalue weighted by Gasteiger charge is -2.23. The van der Waals surface area contributed by atoms with Gasteiger partial charge in [-0.05, 0) is 93.7 Å². The summed E-state index contributed by atoms with van der Waals surface area (Å²) < 4.78 is 0. The van der Waals surface area contributed by atoms with E-state index in [9.17, 15) is 0 Å². The molecule has 0 spiro atoms. The standard InChI is InChI=1S/C42H48N2/c1-5-29-43(30-6-2)35-23-17-33(18-24-35)21-27-41-37-13-9-11-15-39(37)42(40-16-12-10-14-38(40)41)28-22-34-19-25-36(26-20-34)44(31-7-3)32-8-4/h9-28H,5-8,29-32H2,1-4H3/b27-21+,28-22+. The average Bonchev–Trinajstić information content (AvgIpc) is 3.06. The monoisotopic (exact) mass is 580 g/mol. The Hall–Kier alpha value is -4.30. The fraction of sp³-hybridized carbons (Fsp3) is 0.286. The van der Waals surface area contributed by atoms with Crippen molar-refractivity contribution in [1.29, 1.82) is 0 Å². The first kappa shape index (κ1) is 31.1. The summed E-state index contributed by atoms with van der Waals surface area (Å²) in [5.41, 5.74) is 7.61. The van der Waals surface area contributed by atoms with Crippen molar-refractivity contribution in [2.75, 3.05) is 36.0 Å². The van der Waals surface area contributed by atoms with E-state index in [1.807, 2.05) is 0 Å². The van der Waals surface area contributed by atoms with Crippen LogP contribution in [-0.4, -0.2) is 26.2 Å². The van der Waals surface area contributed by atoms with Crippen LogP contribution in [-0.2, 0) is 0 Å². The summed E-state index contributed by atoms with van der Waals surface area (Å²) in [6.45, 7) is 13.4. The number of rotatable bonds is 14. The molecule has 0 aliphatic rings. The van der Waals surface area contributed by atoms with Crippen LogP contribution < -0.4 is 9.80 Å². The van der Waals surface area contributed by atoms with Gasteiger partial charge in [0.05, 0.1) is 0 Å². The van der Waals surface area contributed by atoms with Gasteiger partial charge in [-0.25, -0.2) is 0 Å². The molecular weight excluding hydrogens is 532 g/mol. The van der Waals surface area contributed by atoms with E-state index in [1.165, 1.54) is 55.2 Å². The lowest BCUT2D eigenvalue weighted by molar-refractivity contribution is 0.745. The van der Waals surface area contributed by atoms with E-state index in [2.05, 4.69) is 159 Å². The summed E-state index contributed by atoms with van der Waals surface area (Å²) in [4.78, 5) is 4.98. The molecule has 0 fully saturated rings. The molecule has 5 aromatic rings. The van der Waals surface area contributed by atoms with Gasteiger partial charge in [0, 0.05) is 37.6 Å². The molecule has 0 bridgehead atoms. The molecule has 0 aliphatic heterocycles. The van der Waals surface area contributed by atoms with Crippen LogP contribution in [0.15, 0.2) is 97.1 Å². The minimum absolute atomic E-state index is 1.10. The third-order valence-electron chi connectivity index (χ3n) is 8.39. The van der Waals surface area contributed by atoms with Gasteiger partial charge in [-0.1, -0.05) is 125 Å². The molecule has 0 amide bonds. The minimum Gasteiger partial charge on any atom is -0.372 e. The van der Waals surface area contributed by atoms with Gasteiger partial charge in [0.1, 0.15) is 0 Å². The quantitative estimate of drug-likeness (QED) is 0.0952. The van der Waals surface area contributed by atoms with Gasteiger partial charge in [-0.15, -0.1) is 0 Å². The molecule has 0 heterocycles. The lowest BCUT2D eigenvalue weighted by atomic mass is 9.91. The van der Waals surface area contributed by atoms with E-state index >= 15 is 0 Å². The van der Waals surface area contributed by atoms with Crippen LogP contribution in [0, 0.1) is 0 Å². The van der Waals surface area contributed by atoms with E-state index in [0.717, 1.165) is 51.9 Å². The number of anilines is 2. The number of nitrogens with zero attached hydrogens (tertiary/aromatic N) is 2. The van der Waals surface area contributed by atoms with Crippen LogP contribution in [0.5, 0.6) is 0 Å². The Labute approximate surface area is 265 Å². The SMILES string of the molecule is CCCN(CCC)c1ccc(/C=C/c2c3ccccc3c(/C=C/c3ccc(N(CCC)CCC)cc3)c3ccccc23)cc1. The fourth-order valence-electron chi connectivity index (χ4n) is 6.33. The third kappa shape index (κ3) is 7.25. The number of hydrogen-bond acceptors (Lipinski definition) is 2. The Balaban J connectivity index is 1.48. The lowest BCUT2D eigenvalue weighted by Crippen LogP contribution is -2.24. The van der Waals surface area contributed by atoms with Crippen molar-refractivity contribution in [1.82, 2.24) is 0 Å². The van der Waals surface area contributed by atoms with Gasteiger partial charge in [-0.2, -0.15) is 0 Å². The van der Waals surface area contributed by atoms with Crippen molar-refractivity contribution < 1.29 is 0 Å². The van der Waals surface area contributed by atoms with Gasteiger partial charge in [-0.3, -0.25) is 0 Å². The Morgan fingerprint density at radius 1 is 0.386 bits per heavy atom. The predicted octanol–water partition coefficient (Wildman–Crippen LogP) is 11.6. The average molecular weight is 581 g/mol. The Kier molecular flexibility index (Phi) is 10.9. The van der Waals surface area contributed by atoms with Gasteiger partial charge < -0.3 is 9.80 Å². The second-order valence-corrected chi connectivity index (χ2v) is 11.7. The molecule has 2 nitrogen and oxygen atoms in total. The Morgan fingerprint density at radius 3 is 0.955 bits per heavy atom. The first-order chi connectivity index (χ1) is 21.7. The summed E-state index contributed by atoms with van der Waals surface area (Å²) in [5.74, 6) is 0. The maximum absolute atomic E-state index is 2.49. The maximum Gasteiger partial charge on any atom is 0.0366 e. The molecule has 0 N–H and O–H groups in total. The van der Waals surface area contributed by atoms with Gasteiger partial charge in [0.2, 0.25) is 0 Å². The third-order valence-corrected chi connectivity index (χ3v) is 8.39. The normalized spacial score (nSPS) is 11.7. The Morgan fingerprint density at radius 2 is 0.682 bits per heavy atom. The molecule has 0 aromatic heterocycles. The zero-order chi connectivity index (χ0) is 30.7. The summed E-state index contributed by atoms with van der Waals surface area (Å²) in [5, 5.41) is 5.11. The highest BCUT2D eigenvalue weighted by molar-refractivity contribution is 6.14. The second-order valence-electron chi connectivity index (χ2n) is 11.7. The highest BCUT2D eigenvalue weighted by Crippen LogP contribution is 2.35. The van der Waals surface area contributed by atoms with Crippen molar-refractivity contribution in [2.24, 2.45) is 0 Å². The summed E-state index contributed by atoms with van der Waals surface area (Å²) in [6, 6.07) is 35.8. The highest BCUT2D eigenvalue weighted by Gasteiger charge is 2.11. The Bertz CT molecular complexity index is 1500. The molecule has 0 aliphatic carbocycles. The number of benzene rings is 5. The molecule has 0 unspecified atom stereocenters.